The van der Waals surface area contributed by atoms with E-state index in [0.717, 1.165) is 17.5 Å². The van der Waals surface area contributed by atoms with Gasteiger partial charge in [-0.05, 0) is 35.6 Å². The third kappa shape index (κ3) is 2.31. The van der Waals surface area contributed by atoms with Crippen LogP contribution in [0.4, 0.5) is 5.69 Å². The van der Waals surface area contributed by atoms with Crippen molar-refractivity contribution >= 4 is 34.9 Å². The van der Waals surface area contributed by atoms with Gasteiger partial charge in [-0.2, -0.15) is 0 Å². The molecule has 0 bridgehead atoms. The van der Waals surface area contributed by atoms with Crippen LogP contribution in [-0.4, -0.2) is 11.1 Å². The first kappa shape index (κ1) is 15.6. The van der Waals surface area contributed by atoms with Crippen LogP contribution in [0.2, 0.25) is 10.0 Å². The van der Waals surface area contributed by atoms with Crippen LogP contribution >= 0.6 is 23.2 Å². The van der Waals surface area contributed by atoms with E-state index in [9.17, 15) is 9.90 Å². The lowest BCUT2D eigenvalue weighted by Crippen LogP contribution is -2.30. The maximum Gasteiger partial charge on any atom is 0.337 e. The molecule has 5 heteroatoms. The average molecular weight is 360 g/mol. The van der Waals surface area contributed by atoms with Gasteiger partial charge in [0.25, 0.3) is 0 Å². The predicted molar refractivity (Wildman–Crippen MR) is 96.2 cm³/mol. The van der Waals surface area contributed by atoms with Crippen LogP contribution in [-0.2, 0) is 0 Å². The summed E-state index contributed by atoms with van der Waals surface area (Å²) >= 11 is 12.6. The van der Waals surface area contributed by atoms with Crippen molar-refractivity contribution in [3.8, 4) is 0 Å². The second kappa shape index (κ2) is 5.83. The maximum absolute atomic E-state index is 11.6. The van der Waals surface area contributed by atoms with Crippen LogP contribution in [0, 0.1) is 5.92 Å². The molecule has 0 spiro atoms. The number of hydrogen-bond acceptors (Lipinski definition) is 2. The van der Waals surface area contributed by atoms with Crippen LogP contribution in [0.1, 0.15) is 39.9 Å². The fourth-order valence-electron chi connectivity index (χ4n) is 3.87. The first-order chi connectivity index (χ1) is 11.6. The number of carboxylic acids is 1. The van der Waals surface area contributed by atoms with E-state index in [1.54, 1.807) is 18.2 Å². The molecule has 0 amide bonds. The molecule has 0 saturated carbocycles. The van der Waals surface area contributed by atoms with Crippen molar-refractivity contribution in [3.63, 3.8) is 0 Å². The molecule has 0 saturated heterocycles. The summed E-state index contributed by atoms with van der Waals surface area (Å²) in [6.07, 6.45) is 5.24. The number of rotatable bonds is 2. The monoisotopic (exact) mass is 359 g/mol. The van der Waals surface area contributed by atoms with Gasteiger partial charge < -0.3 is 10.4 Å². The standard InChI is InChI=1S/C19H15Cl2NO2/c20-15-9-3-7-13(16(15)21)17-11-5-1-4-10(11)12-6-2-8-14(19(23)24)18(12)22-17/h1-4,6-11,17,22H,5H2,(H,23,24)/t10-,11-,17+/m1/s1. The Morgan fingerprint density at radius 2 is 1.88 bits per heavy atom. The number of allylic oxidation sites excluding steroid dienone is 2. The minimum atomic E-state index is -0.935. The number of carbonyl (C=O) groups is 1. The van der Waals surface area contributed by atoms with E-state index in [1.165, 1.54) is 0 Å². The lowest BCUT2D eigenvalue weighted by molar-refractivity contribution is 0.0697. The number of hydrogen-bond donors (Lipinski definition) is 2. The summed E-state index contributed by atoms with van der Waals surface area (Å²) in [7, 11) is 0. The highest BCUT2D eigenvalue weighted by Gasteiger charge is 2.40. The van der Waals surface area contributed by atoms with E-state index >= 15 is 0 Å². The molecule has 3 nitrogen and oxygen atoms in total. The molecule has 2 aromatic carbocycles. The van der Waals surface area contributed by atoms with Gasteiger partial charge >= 0.3 is 5.97 Å². The van der Waals surface area contributed by atoms with Crippen molar-refractivity contribution in [2.24, 2.45) is 5.92 Å². The first-order valence-electron chi connectivity index (χ1n) is 7.81. The Bertz CT molecular complexity index is 862. The minimum absolute atomic E-state index is 0.0794. The van der Waals surface area contributed by atoms with Crippen LogP contribution in [0.15, 0.2) is 48.6 Å². The Morgan fingerprint density at radius 3 is 2.67 bits per heavy atom. The van der Waals surface area contributed by atoms with Crippen molar-refractivity contribution in [1.82, 2.24) is 0 Å². The summed E-state index contributed by atoms with van der Waals surface area (Å²) in [6, 6.07) is 10.9. The van der Waals surface area contributed by atoms with E-state index in [4.69, 9.17) is 23.2 Å². The normalized spacial score (nSPS) is 24.2. The number of fused-ring (bicyclic) bond motifs is 3. The summed E-state index contributed by atoms with van der Waals surface area (Å²) in [5.41, 5.74) is 2.91. The van der Waals surface area contributed by atoms with Crippen molar-refractivity contribution in [2.75, 3.05) is 5.32 Å². The molecule has 122 valence electrons. The van der Waals surface area contributed by atoms with Crippen molar-refractivity contribution in [3.05, 3.63) is 75.3 Å². The molecular weight excluding hydrogens is 345 g/mol. The zero-order valence-corrected chi connectivity index (χ0v) is 14.2. The lowest BCUT2D eigenvalue weighted by Gasteiger charge is -2.38. The van der Waals surface area contributed by atoms with Gasteiger partial charge in [0.05, 0.1) is 27.3 Å². The predicted octanol–water partition coefficient (Wildman–Crippen LogP) is 5.52. The first-order valence-corrected chi connectivity index (χ1v) is 8.57. The molecule has 2 aliphatic rings. The van der Waals surface area contributed by atoms with Crippen LogP contribution < -0.4 is 5.32 Å². The molecule has 1 heterocycles. The molecule has 0 fully saturated rings. The summed E-state index contributed by atoms with van der Waals surface area (Å²) in [4.78, 5) is 11.6. The summed E-state index contributed by atoms with van der Waals surface area (Å²) in [5.74, 6) is -0.464. The largest absolute Gasteiger partial charge is 0.478 e. The van der Waals surface area contributed by atoms with E-state index in [1.807, 2.05) is 18.2 Å². The zero-order valence-electron chi connectivity index (χ0n) is 12.7. The third-order valence-electron chi connectivity index (χ3n) is 4.94. The number of nitrogens with one attached hydrogen (secondary N) is 1. The topological polar surface area (TPSA) is 49.3 Å². The van der Waals surface area contributed by atoms with Gasteiger partial charge in [-0.1, -0.05) is 59.6 Å². The average Bonchev–Trinajstić information content (AvgIpc) is 3.06. The number of halogens is 2. The summed E-state index contributed by atoms with van der Waals surface area (Å²) in [6.45, 7) is 0. The van der Waals surface area contributed by atoms with Gasteiger partial charge in [0.2, 0.25) is 0 Å². The summed E-state index contributed by atoms with van der Waals surface area (Å²) < 4.78 is 0. The Morgan fingerprint density at radius 1 is 1.12 bits per heavy atom. The second-order valence-corrected chi connectivity index (χ2v) is 6.98. The molecular formula is C19H15Cl2NO2. The second-order valence-electron chi connectivity index (χ2n) is 6.19. The van der Waals surface area contributed by atoms with E-state index < -0.39 is 5.97 Å². The molecule has 1 aliphatic heterocycles. The Labute approximate surface area is 149 Å². The van der Waals surface area contributed by atoms with Gasteiger partial charge in [-0.25, -0.2) is 4.79 Å². The van der Waals surface area contributed by atoms with E-state index in [2.05, 4.69) is 17.5 Å². The minimum Gasteiger partial charge on any atom is -0.478 e. The van der Waals surface area contributed by atoms with E-state index in [-0.39, 0.29) is 23.4 Å². The fourth-order valence-corrected chi connectivity index (χ4v) is 4.29. The number of benzene rings is 2. The molecule has 2 aromatic rings. The van der Waals surface area contributed by atoms with Gasteiger partial charge in [0.15, 0.2) is 0 Å². The molecule has 4 rings (SSSR count). The smallest absolute Gasteiger partial charge is 0.337 e. The number of aromatic carboxylic acids is 1. The quantitative estimate of drug-likeness (QED) is 0.694. The van der Waals surface area contributed by atoms with Crippen LogP contribution in [0.25, 0.3) is 0 Å². The van der Waals surface area contributed by atoms with Gasteiger partial charge in [0.1, 0.15) is 0 Å². The maximum atomic E-state index is 11.6. The lowest BCUT2D eigenvalue weighted by atomic mass is 9.76. The highest BCUT2D eigenvalue weighted by atomic mass is 35.5. The molecule has 2 N–H and O–H groups in total. The van der Waals surface area contributed by atoms with Crippen molar-refractivity contribution < 1.29 is 9.90 Å². The molecule has 0 unspecified atom stereocenters. The number of anilines is 1. The van der Waals surface area contributed by atoms with Crippen LogP contribution in [0.3, 0.4) is 0 Å². The highest BCUT2D eigenvalue weighted by molar-refractivity contribution is 6.42. The SMILES string of the molecule is O=C(O)c1cccc2c1N[C@H](c1cccc(Cl)c1Cl)[C@@H]1CC=C[C@@H]21. The van der Waals surface area contributed by atoms with E-state index in [0.29, 0.717) is 15.7 Å². The number of carboxylic acid groups (broad SMARTS) is 1. The molecule has 0 aromatic heterocycles. The van der Waals surface area contributed by atoms with Crippen molar-refractivity contribution in [1.29, 1.82) is 0 Å². The van der Waals surface area contributed by atoms with Crippen LogP contribution in [0.5, 0.6) is 0 Å². The Kier molecular flexibility index (Phi) is 3.78. The number of para-hydroxylation sites is 1. The Hall–Kier alpha value is -1.97. The zero-order chi connectivity index (χ0) is 16.8. The highest BCUT2D eigenvalue weighted by Crippen LogP contribution is 2.52. The fraction of sp³-hybridized carbons (Fsp3) is 0.211. The molecule has 1 aliphatic carbocycles. The molecule has 0 radical (unpaired) electrons. The molecule has 24 heavy (non-hydrogen) atoms. The van der Waals surface area contributed by atoms with Gasteiger partial charge in [0, 0.05) is 5.92 Å². The summed E-state index contributed by atoms with van der Waals surface area (Å²) in [5, 5.41) is 14.0. The molecule has 3 atom stereocenters. The van der Waals surface area contributed by atoms with Gasteiger partial charge in [-0.15, -0.1) is 0 Å². The van der Waals surface area contributed by atoms with Crippen molar-refractivity contribution in [2.45, 2.75) is 18.4 Å². The Balaban J connectivity index is 1.88. The van der Waals surface area contributed by atoms with Gasteiger partial charge in [-0.3, -0.25) is 0 Å². The third-order valence-corrected chi connectivity index (χ3v) is 5.78.